The summed E-state index contributed by atoms with van der Waals surface area (Å²) in [7, 11) is 0. The molecular formula is C22H18F3N7OS. The number of carbonyl (C=O) groups is 1. The van der Waals surface area contributed by atoms with Crippen molar-refractivity contribution in [3.05, 3.63) is 58.7 Å². The van der Waals surface area contributed by atoms with Crippen LogP contribution in [0.2, 0.25) is 0 Å². The summed E-state index contributed by atoms with van der Waals surface area (Å²) in [6, 6.07) is 4.83. The number of halogens is 3. The van der Waals surface area contributed by atoms with Gasteiger partial charge in [-0.2, -0.15) is 23.5 Å². The second-order valence-corrected chi connectivity index (χ2v) is 8.78. The van der Waals surface area contributed by atoms with E-state index in [2.05, 4.69) is 31.4 Å². The number of nitrogens with one attached hydrogen (secondary N) is 1. The molecule has 0 saturated heterocycles. The third-order valence-corrected chi connectivity index (χ3v) is 6.03. The van der Waals surface area contributed by atoms with Crippen LogP contribution in [0, 0.1) is 18.3 Å². The zero-order valence-electron chi connectivity index (χ0n) is 18.1. The quantitative estimate of drug-likeness (QED) is 0.425. The zero-order chi connectivity index (χ0) is 24.5. The summed E-state index contributed by atoms with van der Waals surface area (Å²) < 4.78 is 39.8. The molecule has 1 N–H and O–H groups in total. The Morgan fingerprint density at radius 1 is 1.21 bits per heavy atom. The summed E-state index contributed by atoms with van der Waals surface area (Å²) in [6.07, 6.45) is 1.13. The van der Waals surface area contributed by atoms with Crippen LogP contribution in [0.25, 0.3) is 21.5 Å². The van der Waals surface area contributed by atoms with E-state index in [4.69, 9.17) is 5.26 Å². The van der Waals surface area contributed by atoms with E-state index < -0.39 is 23.9 Å². The van der Waals surface area contributed by atoms with Crippen molar-refractivity contribution in [2.24, 2.45) is 0 Å². The first-order chi connectivity index (χ1) is 16.2. The molecule has 174 valence electrons. The van der Waals surface area contributed by atoms with Crippen molar-refractivity contribution in [2.75, 3.05) is 0 Å². The Labute approximate surface area is 196 Å². The highest BCUT2D eigenvalue weighted by molar-refractivity contribution is 7.15. The van der Waals surface area contributed by atoms with Gasteiger partial charge in [-0.15, -0.1) is 11.3 Å². The minimum atomic E-state index is -4.64. The first-order valence-electron chi connectivity index (χ1n) is 10.2. The van der Waals surface area contributed by atoms with Crippen LogP contribution in [0.15, 0.2) is 36.9 Å². The summed E-state index contributed by atoms with van der Waals surface area (Å²) in [6.45, 7) is 3.92. The van der Waals surface area contributed by atoms with E-state index in [0.29, 0.717) is 23.2 Å². The smallest absolute Gasteiger partial charge is 0.345 e. The maximum absolute atomic E-state index is 13.1. The van der Waals surface area contributed by atoms with E-state index >= 15 is 0 Å². The minimum Gasteiger partial charge on any atom is -0.345 e. The van der Waals surface area contributed by atoms with E-state index in [1.165, 1.54) is 11.3 Å². The molecule has 8 nitrogen and oxygen atoms in total. The Morgan fingerprint density at radius 2 is 1.94 bits per heavy atom. The van der Waals surface area contributed by atoms with Crippen LogP contribution in [0.5, 0.6) is 0 Å². The van der Waals surface area contributed by atoms with Crippen LogP contribution in [0.1, 0.15) is 46.0 Å². The van der Waals surface area contributed by atoms with Gasteiger partial charge < -0.3 is 5.32 Å². The van der Waals surface area contributed by atoms with Crippen molar-refractivity contribution in [1.82, 2.24) is 30.0 Å². The number of benzene rings is 1. The summed E-state index contributed by atoms with van der Waals surface area (Å²) in [5, 5.41) is 17.6. The lowest BCUT2D eigenvalue weighted by Crippen LogP contribution is -2.27. The van der Waals surface area contributed by atoms with Crippen LogP contribution in [0.4, 0.5) is 13.2 Å². The molecule has 0 saturated carbocycles. The van der Waals surface area contributed by atoms with Crippen LogP contribution >= 0.6 is 11.3 Å². The van der Waals surface area contributed by atoms with E-state index in [9.17, 15) is 18.0 Å². The molecule has 1 amide bonds. The molecule has 0 fully saturated rings. The number of rotatable bonds is 6. The fraction of sp³-hybridized carbons (Fsp3) is 0.273. The van der Waals surface area contributed by atoms with Gasteiger partial charge in [0.15, 0.2) is 0 Å². The van der Waals surface area contributed by atoms with Crippen LogP contribution < -0.4 is 5.32 Å². The van der Waals surface area contributed by atoms with Crippen molar-refractivity contribution in [3.8, 4) is 16.6 Å². The van der Waals surface area contributed by atoms with Crippen LogP contribution in [0.3, 0.4) is 0 Å². The first-order valence-corrected chi connectivity index (χ1v) is 11.0. The van der Waals surface area contributed by atoms with Gasteiger partial charge in [0.1, 0.15) is 5.01 Å². The van der Waals surface area contributed by atoms with Gasteiger partial charge in [-0.3, -0.25) is 9.48 Å². The van der Waals surface area contributed by atoms with Gasteiger partial charge in [-0.05, 0) is 26.0 Å². The zero-order valence-corrected chi connectivity index (χ0v) is 18.9. The largest absolute Gasteiger partial charge is 0.451 e. The highest BCUT2D eigenvalue weighted by atomic mass is 32.1. The summed E-state index contributed by atoms with van der Waals surface area (Å²) >= 11 is 1.48. The molecule has 0 bridgehead atoms. The molecule has 3 aromatic heterocycles. The number of alkyl halides is 3. The molecule has 0 aliphatic carbocycles. The van der Waals surface area contributed by atoms with Crippen molar-refractivity contribution in [1.29, 1.82) is 5.26 Å². The number of amides is 1. The van der Waals surface area contributed by atoms with E-state index in [1.807, 2.05) is 6.92 Å². The molecule has 1 aromatic carbocycles. The molecule has 4 aromatic rings. The highest BCUT2D eigenvalue weighted by Crippen LogP contribution is 2.33. The molecule has 12 heteroatoms. The SMILES string of the molecule is Cc1cnc(-c2cc(C(=O)N[C@H](C)c3cnc(C(F)(F)F)nc3)cc3c2cnn3CCC#N)s1. The van der Waals surface area contributed by atoms with Gasteiger partial charge in [0.25, 0.3) is 5.91 Å². The number of nitrogens with zero attached hydrogens (tertiary/aromatic N) is 6. The lowest BCUT2D eigenvalue weighted by atomic mass is 10.0. The number of nitriles is 1. The van der Waals surface area contributed by atoms with Crippen LogP contribution in [-0.2, 0) is 12.7 Å². The van der Waals surface area contributed by atoms with Gasteiger partial charge in [0.2, 0.25) is 5.82 Å². The fourth-order valence-corrected chi connectivity index (χ4v) is 4.16. The molecule has 0 aliphatic rings. The van der Waals surface area contributed by atoms with Crippen molar-refractivity contribution in [3.63, 3.8) is 0 Å². The van der Waals surface area contributed by atoms with Crippen molar-refractivity contribution in [2.45, 2.75) is 39.0 Å². The number of aromatic nitrogens is 5. The number of aryl methyl sites for hydroxylation is 2. The Balaban J connectivity index is 1.67. The Kier molecular flexibility index (Phi) is 6.30. The fourth-order valence-electron chi connectivity index (χ4n) is 3.37. The predicted molar refractivity (Wildman–Crippen MR) is 119 cm³/mol. The van der Waals surface area contributed by atoms with Gasteiger partial charge in [-0.25, -0.2) is 15.0 Å². The number of hydrogen-bond acceptors (Lipinski definition) is 7. The van der Waals surface area contributed by atoms with Gasteiger partial charge in [0, 0.05) is 45.5 Å². The third-order valence-electron chi connectivity index (χ3n) is 5.08. The van der Waals surface area contributed by atoms with Crippen molar-refractivity contribution >= 4 is 28.1 Å². The second kappa shape index (κ2) is 9.18. The van der Waals surface area contributed by atoms with Gasteiger partial charge >= 0.3 is 6.18 Å². The van der Waals surface area contributed by atoms with Crippen molar-refractivity contribution < 1.29 is 18.0 Å². The highest BCUT2D eigenvalue weighted by Gasteiger charge is 2.34. The molecular weight excluding hydrogens is 467 g/mol. The summed E-state index contributed by atoms with van der Waals surface area (Å²) in [4.78, 5) is 25.2. The summed E-state index contributed by atoms with van der Waals surface area (Å²) in [5.74, 6) is -1.67. The minimum absolute atomic E-state index is 0.254. The molecule has 0 aliphatic heterocycles. The van der Waals surface area contributed by atoms with E-state index in [-0.39, 0.29) is 6.42 Å². The standard InChI is InChI=1S/C22H18F3N7OS/c1-12-8-27-20(34-12)16-6-14(7-18-17(16)11-30-32(18)5-3-4-26)19(33)31-13(2)15-9-28-21(29-10-15)22(23,24)25/h6-11,13H,3,5H2,1-2H3,(H,31,33)/t13-/m1/s1. The Morgan fingerprint density at radius 3 is 2.56 bits per heavy atom. The van der Waals surface area contributed by atoms with E-state index in [1.54, 1.807) is 36.1 Å². The average molecular weight is 485 g/mol. The molecule has 0 radical (unpaired) electrons. The molecule has 4 rings (SSSR count). The molecule has 0 unspecified atom stereocenters. The maximum Gasteiger partial charge on any atom is 0.451 e. The maximum atomic E-state index is 13.1. The van der Waals surface area contributed by atoms with Gasteiger partial charge in [-0.1, -0.05) is 0 Å². The number of thiazole rings is 1. The molecule has 0 spiro atoms. The molecule has 3 heterocycles. The monoisotopic (exact) mass is 485 g/mol. The average Bonchev–Trinajstić information content (AvgIpc) is 3.42. The topological polar surface area (TPSA) is 109 Å². The Bertz CT molecular complexity index is 1390. The lowest BCUT2D eigenvalue weighted by molar-refractivity contribution is -0.145. The summed E-state index contributed by atoms with van der Waals surface area (Å²) in [5.41, 5.74) is 2.07. The molecule has 34 heavy (non-hydrogen) atoms. The third kappa shape index (κ3) is 4.74. The van der Waals surface area contributed by atoms with E-state index in [0.717, 1.165) is 33.2 Å². The number of hydrogen-bond donors (Lipinski definition) is 1. The number of fused-ring (bicyclic) bond motifs is 1. The first kappa shape index (κ1) is 23.3. The molecule has 1 atom stereocenters. The number of carbonyl (C=O) groups excluding carboxylic acids is 1. The lowest BCUT2D eigenvalue weighted by Gasteiger charge is -2.15. The van der Waals surface area contributed by atoms with Gasteiger partial charge in [0.05, 0.1) is 36.8 Å². The predicted octanol–water partition coefficient (Wildman–Crippen LogP) is 4.68. The normalized spacial score (nSPS) is 12.5. The van der Waals surface area contributed by atoms with Crippen LogP contribution in [-0.4, -0.2) is 30.6 Å². The Hall–Kier alpha value is -3.85. The second-order valence-electron chi connectivity index (χ2n) is 7.54.